The fraction of sp³-hybridized carbons (Fsp3) is 0.917. The number of aliphatic hydroxyl groups excluding tert-OH is 2. The van der Waals surface area contributed by atoms with E-state index in [1.165, 1.54) is 0 Å². The molecule has 0 radical (unpaired) electrons. The van der Waals surface area contributed by atoms with E-state index in [0.717, 1.165) is 4.72 Å². The number of carbonyl (C=O) groups is 1. The van der Waals surface area contributed by atoms with Crippen LogP contribution >= 0.6 is 0 Å². The van der Waals surface area contributed by atoms with Crippen molar-refractivity contribution in [1.29, 1.82) is 0 Å². The number of carbonyl (C=O) groups excluding carboxylic acids is 1. The number of carboxylic acids is 1. The Labute approximate surface area is 219 Å². The van der Waals surface area contributed by atoms with Crippen LogP contribution in [0.4, 0.5) is 0 Å². The van der Waals surface area contributed by atoms with Crippen LogP contribution < -0.4 is 9.83 Å². The van der Waals surface area contributed by atoms with Crippen molar-refractivity contribution in [2.75, 3.05) is 13.2 Å². The van der Waals surface area contributed by atoms with Crippen LogP contribution in [-0.2, 0) is 73.1 Å². The Morgan fingerprint density at radius 3 is 1.90 bits per heavy atom. The van der Waals surface area contributed by atoms with E-state index < -0.39 is 116 Å². The van der Waals surface area contributed by atoms with E-state index >= 15 is 0 Å². The number of hydrogen-bond acceptors (Lipinski definition) is 22. The molecule has 0 aromatic rings. The molecule has 27 heteroatoms. The molecular weight excluding hydrogens is 638 g/mol. The molecule has 23 nitrogen and oxygen atoms in total. The summed E-state index contributed by atoms with van der Waals surface area (Å²) in [5.74, 6) is -2.20. The second-order valence-corrected chi connectivity index (χ2v) is 11.7. The van der Waals surface area contributed by atoms with E-state index in [2.05, 4.69) is 12.5 Å². The standard InChI is InChI=1S/C12H21NO22S4/c14-6-3(2-31-37(21,22)23)32-12(5(13-36(18,19)20)8(6)35-39(27,28)29)33-9-7(15)4(34-38(24,25)26)1-30-10(9)11(16)17/h3-10,12-15H,1-2H2,(H,16,17)(H,18,19,20)(H,21,22,23)(H,24,25,26)(H,27,28,29)/p-5/t3?,4?,5?,6-,7+,8+,9+,10?,12-/m1/s1. The van der Waals surface area contributed by atoms with Crippen LogP contribution in [0.3, 0.4) is 0 Å². The summed E-state index contributed by atoms with van der Waals surface area (Å²) in [5, 5.41) is 32.2. The number of rotatable bonds is 12. The maximum Gasteiger partial charge on any atom is 0.218 e. The minimum atomic E-state index is -5.91. The van der Waals surface area contributed by atoms with Crippen molar-refractivity contribution >= 4 is 47.5 Å². The molecule has 39 heavy (non-hydrogen) atoms. The number of nitrogens with one attached hydrogen (secondary N) is 1. The molecule has 4 unspecified atom stereocenters. The largest absolute Gasteiger partial charge is 0.735 e. The van der Waals surface area contributed by atoms with Gasteiger partial charge in [0, 0.05) is 0 Å². The number of hydrogen-bond donors (Lipinski definition) is 3. The van der Waals surface area contributed by atoms with Gasteiger partial charge in [-0.3, -0.25) is 12.5 Å². The lowest BCUT2D eigenvalue weighted by atomic mass is 9.96. The second-order valence-electron chi connectivity index (χ2n) is 7.50. The number of aliphatic carboxylic acids is 1. The lowest BCUT2D eigenvalue weighted by Crippen LogP contribution is -2.68. The second kappa shape index (κ2) is 12.3. The zero-order valence-electron chi connectivity index (χ0n) is 18.3. The highest BCUT2D eigenvalue weighted by Gasteiger charge is 2.52. The fourth-order valence-electron chi connectivity index (χ4n) is 3.39. The van der Waals surface area contributed by atoms with Gasteiger partial charge in [0.25, 0.3) is 0 Å². The van der Waals surface area contributed by atoms with Crippen molar-refractivity contribution in [3.05, 3.63) is 0 Å². The molecule has 0 aromatic heterocycles. The molecule has 9 atom stereocenters. The minimum absolute atomic E-state index is 1.10. The highest BCUT2D eigenvalue weighted by atomic mass is 32.3. The van der Waals surface area contributed by atoms with Crippen LogP contribution in [0.5, 0.6) is 0 Å². The predicted molar refractivity (Wildman–Crippen MR) is 102 cm³/mol. The molecule has 2 aliphatic heterocycles. The summed E-state index contributed by atoms with van der Waals surface area (Å²) in [6.07, 6.45) is -19.9. The summed E-state index contributed by atoms with van der Waals surface area (Å²) in [7, 11) is -22.8. The summed E-state index contributed by atoms with van der Waals surface area (Å²) in [5.41, 5.74) is 0. The third kappa shape index (κ3) is 10.6. The molecule has 2 heterocycles. The molecule has 2 fully saturated rings. The molecule has 0 amide bonds. The number of ether oxygens (including phenoxy) is 3. The van der Waals surface area contributed by atoms with Gasteiger partial charge in [-0.15, -0.1) is 0 Å². The zero-order valence-corrected chi connectivity index (χ0v) is 21.6. The molecular formula is C12H16NO22S4-5. The molecule has 3 N–H and O–H groups in total. The first-order valence-electron chi connectivity index (χ1n) is 9.58. The van der Waals surface area contributed by atoms with Crippen molar-refractivity contribution < 1.29 is 98.8 Å². The lowest BCUT2D eigenvalue weighted by Gasteiger charge is -2.47. The molecule has 0 bridgehead atoms. The van der Waals surface area contributed by atoms with Crippen molar-refractivity contribution in [2.45, 2.75) is 55.1 Å². The minimum Gasteiger partial charge on any atom is -0.735 e. The highest BCUT2D eigenvalue weighted by molar-refractivity contribution is 7.83. The topological polar surface area (TPSA) is 377 Å². The van der Waals surface area contributed by atoms with Crippen LogP contribution in [0.2, 0.25) is 0 Å². The molecule has 0 aliphatic carbocycles. The van der Waals surface area contributed by atoms with Crippen molar-refractivity contribution in [3.8, 4) is 0 Å². The SMILES string of the molecule is O=C([O-])C1OCC(OS(=O)(=O)[O-])[C@H](O)[C@@H]1O[C@H]1OC(COS(=O)(=O)[O-])[C@@H](O)[C@@H](OS(=O)(=O)[O-])C1NS(=O)(=O)[O-]. The van der Waals surface area contributed by atoms with Gasteiger partial charge in [-0.25, -0.2) is 38.4 Å². The molecule has 0 spiro atoms. The first-order valence-corrected chi connectivity index (χ1v) is 15.0. The molecule has 2 saturated heterocycles. The Morgan fingerprint density at radius 1 is 0.872 bits per heavy atom. The number of aliphatic hydroxyl groups is 2. The van der Waals surface area contributed by atoms with E-state index in [0.29, 0.717) is 0 Å². The summed E-state index contributed by atoms with van der Waals surface area (Å²) in [6, 6.07) is -2.65. The normalized spacial score (nSPS) is 35.0. The Bertz CT molecular complexity index is 1310. The lowest BCUT2D eigenvalue weighted by molar-refractivity contribution is -0.343. The highest BCUT2D eigenvalue weighted by Crippen LogP contribution is 2.31. The Balaban J connectivity index is 2.55. The first kappa shape index (κ1) is 34.0. The first-order chi connectivity index (χ1) is 17.5. The predicted octanol–water partition coefficient (Wildman–Crippen LogP) is -8.45. The zero-order chi connectivity index (χ0) is 30.1. The van der Waals surface area contributed by atoms with Gasteiger partial charge in [0.1, 0.15) is 48.8 Å². The molecule has 230 valence electrons. The van der Waals surface area contributed by atoms with Crippen LogP contribution in [0, 0.1) is 0 Å². The molecule has 0 aromatic carbocycles. The van der Waals surface area contributed by atoms with Gasteiger partial charge in [0.2, 0.25) is 31.2 Å². The maximum absolute atomic E-state index is 11.5. The van der Waals surface area contributed by atoms with E-state index in [4.69, 9.17) is 14.2 Å². The average molecular weight is 655 g/mol. The van der Waals surface area contributed by atoms with E-state index in [1.54, 1.807) is 0 Å². The van der Waals surface area contributed by atoms with Crippen molar-refractivity contribution in [3.63, 3.8) is 0 Å². The van der Waals surface area contributed by atoms with Gasteiger partial charge in [0.05, 0.1) is 19.2 Å². The fourth-order valence-corrected chi connectivity index (χ4v) is 5.25. The monoisotopic (exact) mass is 654 g/mol. The average Bonchev–Trinajstić information content (AvgIpc) is 2.70. The Kier molecular flexibility index (Phi) is 10.7. The summed E-state index contributed by atoms with van der Waals surface area (Å²) < 4.78 is 160. The summed E-state index contributed by atoms with van der Waals surface area (Å²) in [6.45, 7) is -2.61. The quantitative estimate of drug-likeness (QED) is 0.130. The maximum atomic E-state index is 11.5. The van der Waals surface area contributed by atoms with E-state index in [1.807, 2.05) is 0 Å². The summed E-state index contributed by atoms with van der Waals surface area (Å²) in [4.78, 5) is 11.5. The van der Waals surface area contributed by atoms with Gasteiger partial charge in [0.15, 0.2) is 16.6 Å². The third-order valence-electron chi connectivity index (χ3n) is 4.78. The third-order valence-corrected chi connectivity index (χ3v) is 6.71. The van der Waals surface area contributed by atoms with Gasteiger partial charge >= 0.3 is 0 Å². The molecule has 2 aliphatic rings. The van der Waals surface area contributed by atoms with Gasteiger partial charge in [-0.05, 0) is 0 Å². The van der Waals surface area contributed by atoms with Crippen molar-refractivity contribution in [1.82, 2.24) is 4.72 Å². The Morgan fingerprint density at radius 2 is 1.44 bits per heavy atom. The molecule has 2 rings (SSSR count). The van der Waals surface area contributed by atoms with Gasteiger partial charge in [-0.2, -0.15) is 0 Å². The van der Waals surface area contributed by atoms with Gasteiger partial charge in [-0.1, -0.05) is 0 Å². The van der Waals surface area contributed by atoms with Crippen LogP contribution in [0.25, 0.3) is 0 Å². The smallest absolute Gasteiger partial charge is 0.218 e. The summed E-state index contributed by atoms with van der Waals surface area (Å²) >= 11 is 0. The van der Waals surface area contributed by atoms with Crippen molar-refractivity contribution in [2.24, 2.45) is 0 Å². The number of carboxylic acid groups (broad SMARTS) is 1. The van der Waals surface area contributed by atoms with E-state index in [9.17, 15) is 72.0 Å². The van der Waals surface area contributed by atoms with Crippen LogP contribution in [0.15, 0.2) is 0 Å². The molecule has 0 saturated carbocycles. The van der Waals surface area contributed by atoms with Crippen LogP contribution in [0.1, 0.15) is 0 Å². The van der Waals surface area contributed by atoms with Crippen LogP contribution in [-0.4, -0.2) is 136 Å². The van der Waals surface area contributed by atoms with Gasteiger partial charge < -0.3 is 52.5 Å². The van der Waals surface area contributed by atoms with E-state index in [-0.39, 0.29) is 0 Å². The Hall–Kier alpha value is -1.25.